The Morgan fingerprint density at radius 3 is 2.48 bits per heavy atom. The number of alkyl halides is 3. The van der Waals surface area contributed by atoms with Crippen molar-refractivity contribution in [3.63, 3.8) is 0 Å². The SMILES string of the molecule is Cc1ccc(-c2nnc(Cc3nc(-c4cccc(C(F)(F)F)c4)no3)o2)cc1C. The number of halogens is 3. The summed E-state index contributed by atoms with van der Waals surface area (Å²) in [5.74, 6) is 0.839. The minimum absolute atomic E-state index is 0.0556. The molecule has 0 aliphatic carbocycles. The largest absolute Gasteiger partial charge is 0.420 e. The van der Waals surface area contributed by atoms with Gasteiger partial charge in [-0.15, -0.1) is 10.2 Å². The average molecular weight is 400 g/mol. The standard InChI is InChI=1S/C20H15F3N4O2/c1-11-6-7-14(8-12(11)2)19-26-25-17(28-19)10-16-24-18(27-29-16)13-4-3-5-15(9-13)20(21,22)23/h3-9H,10H2,1-2H3. The minimum atomic E-state index is -4.45. The molecule has 0 unspecified atom stereocenters. The van der Waals surface area contributed by atoms with E-state index in [1.807, 2.05) is 32.0 Å². The molecular formula is C20H15F3N4O2. The van der Waals surface area contributed by atoms with E-state index in [0.717, 1.165) is 28.8 Å². The third kappa shape index (κ3) is 4.03. The number of hydrogen-bond donors (Lipinski definition) is 0. The first kappa shape index (κ1) is 18.9. The molecule has 6 nitrogen and oxygen atoms in total. The van der Waals surface area contributed by atoms with Crippen LogP contribution in [0.25, 0.3) is 22.8 Å². The molecule has 0 atom stereocenters. The van der Waals surface area contributed by atoms with Gasteiger partial charge in [-0.2, -0.15) is 18.2 Å². The fourth-order valence-corrected chi connectivity index (χ4v) is 2.72. The molecule has 0 bridgehead atoms. The lowest BCUT2D eigenvalue weighted by Gasteiger charge is -2.06. The molecule has 29 heavy (non-hydrogen) atoms. The maximum absolute atomic E-state index is 12.9. The van der Waals surface area contributed by atoms with Gasteiger partial charge < -0.3 is 8.94 Å². The third-order valence-corrected chi connectivity index (χ3v) is 4.44. The van der Waals surface area contributed by atoms with Gasteiger partial charge in [0.25, 0.3) is 0 Å². The minimum Gasteiger partial charge on any atom is -0.420 e. The van der Waals surface area contributed by atoms with Gasteiger partial charge in [0.15, 0.2) is 0 Å². The molecule has 2 aromatic carbocycles. The van der Waals surface area contributed by atoms with Crippen molar-refractivity contribution in [2.24, 2.45) is 0 Å². The van der Waals surface area contributed by atoms with E-state index in [1.165, 1.54) is 12.1 Å². The van der Waals surface area contributed by atoms with E-state index in [9.17, 15) is 13.2 Å². The molecular weight excluding hydrogens is 385 g/mol. The second kappa shape index (κ2) is 7.16. The second-order valence-corrected chi connectivity index (χ2v) is 6.57. The van der Waals surface area contributed by atoms with Gasteiger partial charge in [0.1, 0.15) is 6.42 Å². The molecule has 0 saturated carbocycles. The summed E-state index contributed by atoms with van der Waals surface area (Å²) in [6, 6.07) is 10.5. The Kier molecular flexibility index (Phi) is 4.65. The Bertz CT molecular complexity index is 1160. The normalized spacial score (nSPS) is 11.8. The van der Waals surface area contributed by atoms with Crippen molar-refractivity contribution < 1.29 is 22.1 Å². The maximum Gasteiger partial charge on any atom is 0.416 e. The number of benzene rings is 2. The number of nitrogens with zero attached hydrogens (tertiary/aromatic N) is 4. The summed E-state index contributed by atoms with van der Waals surface area (Å²) in [4.78, 5) is 4.13. The first-order chi connectivity index (χ1) is 13.8. The van der Waals surface area contributed by atoms with Crippen molar-refractivity contribution in [2.75, 3.05) is 0 Å². The predicted molar refractivity (Wildman–Crippen MR) is 96.8 cm³/mol. The summed E-state index contributed by atoms with van der Waals surface area (Å²) in [7, 11) is 0. The summed E-state index contributed by atoms with van der Waals surface area (Å²) in [5.41, 5.74) is 2.47. The molecule has 0 aliphatic heterocycles. The second-order valence-electron chi connectivity index (χ2n) is 6.57. The number of aryl methyl sites for hydroxylation is 2. The molecule has 0 saturated heterocycles. The van der Waals surface area contributed by atoms with E-state index >= 15 is 0 Å². The van der Waals surface area contributed by atoms with Gasteiger partial charge in [0, 0.05) is 11.1 Å². The van der Waals surface area contributed by atoms with Crippen LogP contribution in [0.1, 0.15) is 28.5 Å². The molecule has 2 heterocycles. The van der Waals surface area contributed by atoms with Crippen LogP contribution in [0.3, 0.4) is 0 Å². The Balaban J connectivity index is 1.53. The molecule has 0 fully saturated rings. The van der Waals surface area contributed by atoms with Crippen molar-refractivity contribution in [1.29, 1.82) is 0 Å². The number of hydrogen-bond acceptors (Lipinski definition) is 6. The van der Waals surface area contributed by atoms with Crippen LogP contribution in [0.15, 0.2) is 51.4 Å². The Morgan fingerprint density at radius 1 is 0.897 bits per heavy atom. The van der Waals surface area contributed by atoms with Gasteiger partial charge >= 0.3 is 6.18 Å². The molecule has 4 aromatic rings. The Labute approximate surface area is 163 Å². The first-order valence-corrected chi connectivity index (χ1v) is 8.70. The summed E-state index contributed by atoms with van der Waals surface area (Å²) >= 11 is 0. The molecule has 2 aromatic heterocycles. The third-order valence-electron chi connectivity index (χ3n) is 4.44. The summed E-state index contributed by atoms with van der Waals surface area (Å²) in [6.45, 7) is 4.00. The van der Waals surface area contributed by atoms with Crippen LogP contribution in [0, 0.1) is 13.8 Å². The fourth-order valence-electron chi connectivity index (χ4n) is 2.72. The Hall–Kier alpha value is -3.49. The van der Waals surface area contributed by atoms with Crippen LogP contribution in [0.5, 0.6) is 0 Å². The molecule has 9 heteroatoms. The molecule has 0 spiro atoms. The summed E-state index contributed by atoms with van der Waals surface area (Å²) < 4.78 is 49.4. The molecule has 0 amide bonds. The average Bonchev–Trinajstić information content (AvgIpc) is 3.34. The van der Waals surface area contributed by atoms with Crippen LogP contribution in [0.4, 0.5) is 13.2 Å². The van der Waals surface area contributed by atoms with Crippen molar-refractivity contribution in [3.8, 4) is 22.8 Å². The lowest BCUT2D eigenvalue weighted by molar-refractivity contribution is -0.137. The maximum atomic E-state index is 12.9. The van der Waals surface area contributed by atoms with Gasteiger partial charge in [-0.05, 0) is 49.2 Å². The highest BCUT2D eigenvalue weighted by Gasteiger charge is 2.30. The monoisotopic (exact) mass is 400 g/mol. The van der Waals surface area contributed by atoms with Crippen LogP contribution >= 0.6 is 0 Å². The number of aromatic nitrogens is 4. The van der Waals surface area contributed by atoms with E-state index < -0.39 is 11.7 Å². The van der Waals surface area contributed by atoms with E-state index in [4.69, 9.17) is 8.94 Å². The Morgan fingerprint density at radius 2 is 1.72 bits per heavy atom. The molecule has 4 rings (SSSR count). The van der Waals surface area contributed by atoms with Crippen LogP contribution < -0.4 is 0 Å². The quantitative estimate of drug-likeness (QED) is 0.479. The highest BCUT2D eigenvalue weighted by Crippen LogP contribution is 2.31. The van der Waals surface area contributed by atoms with Crippen molar-refractivity contribution in [3.05, 3.63) is 70.9 Å². The lowest BCUT2D eigenvalue weighted by atomic mass is 10.1. The van der Waals surface area contributed by atoms with E-state index in [0.29, 0.717) is 5.89 Å². The van der Waals surface area contributed by atoms with Gasteiger partial charge in [-0.3, -0.25) is 0 Å². The fraction of sp³-hybridized carbons (Fsp3) is 0.200. The van der Waals surface area contributed by atoms with Gasteiger partial charge in [-0.1, -0.05) is 23.4 Å². The van der Waals surface area contributed by atoms with Crippen LogP contribution in [-0.4, -0.2) is 20.3 Å². The topological polar surface area (TPSA) is 77.8 Å². The van der Waals surface area contributed by atoms with Crippen molar-refractivity contribution >= 4 is 0 Å². The van der Waals surface area contributed by atoms with E-state index in [2.05, 4.69) is 20.3 Å². The summed E-state index contributed by atoms with van der Waals surface area (Å²) in [6.07, 6.45) is -4.37. The number of rotatable bonds is 4. The molecule has 148 valence electrons. The van der Waals surface area contributed by atoms with Gasteiger partial charge in [0.2, 0.25) is 23.5 Å². The zero-order chi connectivity index (χ0) is 20.6. The van der Waals surface area contributed by atoms with Gasteiger partial charge in [-0.25, -0.2) is 0 Å². The summed E-state index contributed by atoms with van der Waals surface area (Å²) in [5, 5.41) is 11.7. The lowest BCUT2D eigenvalue weighted by Crippen LogP contribution is -2.04. The van der Waals surface area contributed by atoms with Crippen LogP contribution in [0.2, 0.25) is 0 Å². The predicted octanol–water partition coefficient (Wildman–Crippen LogP) is 5.01. The molecule has 0 N–H and O–H groups in total. The first-order valence-electron chi connectivity index (χ1n) is 8.70. The van der Waals surface area contributed by atoms with E-state index in [1.54, 1.807) is 0 Å². The zero-order valence-electron chi connectivity index (χ0n) is 15.5. The van der Waals surface area contributed by atoms with Crippen LogP contribution in [-0.2, 0) is 12.6 Å². The smallest absolute Gasteiger partial charge is 0.416 e. The van der Waals surface area contributed by atoms with E-state index in [-0.39, 0.29) is 29.6 Å². The van der Waals surface area contributed by atoms with Gasteiger partial charge in [0.05, 0.1) is 5.56 Å². The zero-order valence-corrected chi connectivity index (χ0v) is 15.5. The van der Waals surface area contributed by atoms with Crippen molar-refractivity contribution in [2.45, 2.75) is 26.4 Å². The highest BCUT2D eigenvalue weighted by atomic mass is 19.4. The van der Waals surface area contributed by atoms with Crippen molar-refractivity contribution in [1.82, 2.24) is 20.3 Å². The molecule has 0 aliphatic rings. The molecule has 0 radical (unpaired) electrons. The highest BCUT2D eigenvalue weighted by molar-refractivity contribution is 5.56.